The summed E-state index contributed by atoms with van der Waals surface area (Å²) in [7, 11) is -3.47. The van der Waals surface area contributed by atoms with Gasteiger partial charge in [-0.3, -0.25) is 4.55 Å². The molecule has 1 aromatic rings. The van der Waals surface area contributed by atoms with Crippen molar-refractivity contribution in [3.05, 3.63) is 32.4 Å². The number of aliphatic carboxylic acids is 1. The molecule has 0 amide bonds. The Labute approximate surface area is 131 Å². The molecule has 0 heterocycles. The van der Waals surface area contributed by atoms with E-state index in [1.165, 1.54) is 19.2 Å². The molecule has 0 aliphatic rings. The third-order valence-corrected chi connectivity index (χ3v) is 3.50. The SMILES string of the molecule is COc1c(Br)cc(C=C(OS(=O)(=O)O)C(=O)O)cc1Br. The zero-order valence-electron chi connectivity index (χ0n) is 9.83. The van der Waals surface area contributed by atoms with Crippen molar-refractivity contribution < 1.29 is 31.8 Å². The van der Waals surface area contributed by atoms with E-state index in [4.69, 9.17) is 14.4 Å². The lowest BCUT2D eigenvalue weighted by atomic mass is 10.2. The molecule has 0 aromatic heterocycles. The lowest BCUT2D eigenvalue weighted by molar-refractivity contribution is -0.135. The number of halogens is 2. The van der Waals surface area contributed by atoms with Crippen LogP contribution in [0.4, 0.5) is 0 Å². The quantitative estimate of drug-likeness (QED) is 0.418. The second-order valence-electron chi connectivity index (χ2n) is 3.34. The minimum absolute atomic E-state index is 0.311. The van der Waals surface area contributed by atoms with E-state index in [2.05, 4.69) is 36.0 Å². The average Bonchev–Trinajstić information content (AvgIpc) is 2.25. The maximum Gasteiger partial charge on any atom is 0.446 e. The Morgan fingerprint density at radius 2 is 1.80 bits per heavy atom. The van der Waals surface area contributed by atoms with Gasteiger partial charge >= 0.3 is 16.4 Å². The molecule has 0 saturated carbocycles. The van der Waals surface area contributed by atoms with Crippen LogP contribution in [0.15, 0.2) is 26.8 Å². The molecule has 0 unspecified atom stereocenters. The van der Waals surface area contributed by atoms with Gasteiger partial charge in [-0.2, -0.15) is 8.42 Å². The van der Waals surface area contributed by atoms with Gasteiger partial charge in [-0.1, -0.05) is 0 Å². The molecular formula is C10H8Br2O7S. The number of methoxy groups -OCH3 is 1. The fraction of sp³-hybridized carbons (Fsp3) is 0.100. The van der Waals surface area contributed by atoms with Crippen LogP contribution in [-0.4, -0.2) is 31.2 Å². The molecule has 0 aliphatic carbocycles. The zero-order chi connectivity index (χ0) is 15.5. The zero-order valence-corrected chi connectivity index (χ0v) is 13.8. The lowest BCUT2D eigenvalue weighted by Crippen LogP contribution is -2.10. The van der Waals surface area contributed by atoms with E-state index in [1.54, 1.807) is 0 Å². The largest absolute Gasteiger partial charge is 0.494 e. The van der Waals surface area contributed by atoms with Crippen molar-refractivity contribution in [2.24, 2.45) is 0 Å². The standard InChI is InChI=1S/C10H8Br2O7S/c1-18-9-6(11)2-5(3-7(9)12)4-8(10(13)14)19-20(15,16)17/h2-4H,1H3,(H,13,14)(H,15,16,17). The summed E-state index contributed by atoms with van der Waals surface area (Å²) >= 11 is 6.41. The van der Waals surface area contributed by atoms with E-state index < -0.39 is 22.1 Å². The first-order valence-corrected chi connectivity index (χ1v) is 7.74. The Bertz CT molecular complexity index is 643. The first-order valence-electron chi connectivity index (χ1n) is 4.79. The third kappa shape index (κ3) is 4.78. The van der Waals surface area contributed by atoms with Gasteiger partial charge in [0.25, 0.3) is 0 Å². The van der Waals surface area contributed by atoms with Crippen molar-refractivity contribution in [3.63, 3.8) is 0 Å². The summed E-state index contributed by atoms with van der Waals surface area (Å²) in [6.07, 6.45) is 0.936. The van der Waals surface area contributed by atoms with Crippen molar-refractivity contribution in [3.8, 4) is 5.75 Å². The fourth-order valence-corrected chi connectivity index (χ4v) is 3.14. The van der Waals surface area contributed by atoms with Crippen molar-refractivity contribution in [2.45, 2.75) is 0 Å². The molecular weight excluding hydrogens is 424 g/mol. The van der Waals surface area contributed by atoms with Crippen molar-refractivity contribution >= 4 is 54.3 Å². The van der Waals surface area contributed by atoms with Gasteiger partial charge in [-0.15, -0.1) is 0 Å². The summed E-state index contributed by atoms with van der Waals surface area (Å²) in [5.74, 6) is -2.11. The van der Waals surface area contributed by atoms with Gasteiger partial charge in [-0.25, -0.2) is 4.79 Å². The molecule has 0 spiro atoms. The molecule has 20 heavy (non-hydrogen) atoms. The van der Waals surface area contributed by atoms with Crippen LogP contribution >= 0.6 is 31.9 Å². The van der Waals surface area contributed by atoms with E-state index in [1.807, 2.05) is 0 Å². The number of carboxylic acids is 1. The fourth-order valence-electron chi connectivity index (χ4n) is 1.24. The highest BCUT2D eigenvalue weighted by molar-refractivity contribution is 9.11. The first-order chi connectivity index (χ1) is 9.14. The predicted octanol–water partition coefficient (Wildman–Crippen LogP) is 2.47. The highest BCUT2D eigenvalue weighted by atomic mass is 79.9. The molecule has 0 radical (unpaired) electrons. The molecule has 0 fully saturated rings. The number of ether oxygens (including phenoxy) is 1. The Morgan fingerprint density at radius 3 is 2.15 bits per heavy atom. The summed E-state index contributed by atoms with van der Waals surface area (Å²) in [5, 5.41) is 8.82. The second kappa shape index (κ2) is 6.57. The number of hydrogen-bond donors (Lipinski definition) is 2. The van der Waals surface area contributed by atoms with Crippen molar-refractivity contribution in [2.75, 3.05) is 7.11 Å². The minimum atomic E-state index is -4.92. The van der Waals surface area contributed by atoms with E-state index in [9.17, 15) is 13.2 Å². The van der Waals surface area contributed by atoms with Crippen LogP contribution in [0.1, 0.15) is 5.56 Å². The van der Waals surface area contributed by atoms with Gasteiger partial charge in [0.15, 0.2) is 0 Å². The number of hydrogen-bond acceptors (Lipinski definition) is 5. The normalized spacial score (nSPS) is 12.1. The average molecular weight is 432 g/mol. The van der Waals surface area contributed by atoms with Crippen molar-refractivity contribution in [1.82, 2.24) is 0 Å². The lowest BCUT2D eigenvalue weighted by Gasteiger charge is -2.08. The monoisotopic (exact) mass is 430 g/mol. The number of rotatable bonds is 5. The molecule has 0 saturated heterocycles. The van der Waals surface area contributed by atoms with Crippen LogP contribution in [0, 0.1) is 0 Å². The Balaban J connectivity index is 3.29. The molecule has 0 aliphatic heterocycles. The Kier molecular flexibility index (Phi) is 5.57. The van der Waals surface area contributed by atoms with Crippen molar-refractivity contribution in [1.29, 1.82) is 0 Å². The number of carbonyl (C=O) groups is 1. The number of carboxylic acid groups (broad SMARTS) is 1. The Hall–Kier alpha value is -1.10. The van der Waals surface area contributed by atoms with Gasteiger partial charge in [0, 0.05) is 0 Å². The van der Waals surface area contributed by atoms with E-state index in [0.717, 1.165) is 6.08 Å². The van der Waals surface area contributed by atoms with E-state index in [-0.39, 0.29) is 0 Å². The summed E-state index contributed by atoms with van der Waals surface area (Å²) in [5.41, 5.74) is 0.311. The molecule has 1 aromatic carbocycles. The summed E-state index contributed by atoms with van der Waals surface area (Å²) in [6.45, 7) is 0. The van der Waals surface area contributed by atoms with Gasteiger partial charge in [0.05, 0.1) is 16.1 Å². The van der Waals surface area contributed by atoms with Gasteiger partial charge in [-0.05, 0) is 55.6 Å². The van der Waals surface area contributed by atoms with Gasteiger partial charge in [0.2, 0.25) is 5.76 Å². The topological polar surface area (TPSA) is 110 Å². The molecule has 0 atom stereocenters. The van der Waals surface area contributed by atoms with E-state index in [0.29, 0.717) is 20.3 Å². The molecule has 1 rings (SSSR count). The smallest absolute Gasteiger partial charge is 0.446 e. The molecule has 0 bridgehead atoms. The first kappa shape index (κ1) is 17.0. The summed E-state index contributed by atoms with van der Waals surface area (Å²) in [4.78, 5) is 10.9. The van der Waals surface area contributed by atoms with Gasteiger partial charge in [0.1, 0.15) is 5.75 Å². The molecule has 7 nitrogen and oxygen atoms in total. The Morgan fingerprint density at radius 1 is 1.30 bits per heavy atom. The maximum absolute atomic E-state index is 10.9. The molecule has 10 heteroatoms. The summed E-state index contributed by atoms with van der Waals surface area (Å²) < 4.78 is 39.7. The van der Waals surface area contributed by atoms with Crippen LogP contribution < -0.4 is 4.74 Å². The third-order valence-electron chi connectivity index (χ3n) is 1.93. The molecule has 2 N–H and O–H groups in total. The minimum Gasteiger partial charge on any atom is -0.494 e. The van der Waals surface area contributed by atoms with Crippen LogP contribution in [0.2, 0.25) is 0 Å². The van der Waals surface area contributed by atoms with Crippen LogP contribution in [0.3, 0.4) is 0 Å². The maximum atomic E-state index is 10.9. The van der Waals surface area contributed by atoms with Crippen LogP contribution in [0.5, 0.6) is 5.75 Å². The van der Waals surface area contributed by atoms with Gasteiger partial charge < -0.3 is 14.0 Å². The second-order valence-corrected chi connectivity index (χ2v) is 6.07. The highest BCUT2D eigenvalue weighted by Crippen LogP contribution is 2.35. The highest BCUT2D eigenvalue weighted by Gasteiger charge is 2.17. The van der Waals surface area contributed by atoms with Crippen LogP contribution in [0.25, 0.3) is 6.08 Å². The number of benzene rings is 1. The predicted molar refractivity (Wildman–Crippen MR) is 76.6 cm³/mol. The van der Waals surface area contributed by atoms with E-state index >= 15 is 0 Å². The summed E-state index contributed by atoms with van der Waals surface area (Å²) in [6, 6.07) is 2.97. The van der Waals surface area contributed by atoms with Crippen LogP contribution in [-0.2, 0) is 19.4 Å². The molecule has 110 valence electrons.